The Morgan fingerprint density at radius 1 is 1.40 bits per heavy atom. The van der Waals surface area contributed by atoms with Crippen LogP contribution in [0.25, 0.3) is 0 Å². The van der Waals surface area contributed by atoms with Crippen molar-refractivity contribution in [3.63, 3.8) is 0 Å². The van der Waals surface area contributed by atoms with E-state index in [-0.39, 0.29) is 12.1 Å². The number of hydrogen-bond donors (Lipinski definition) is 2. The average molecular weight is 273 g/mol. The molecule has 1 aliphatic carbocycles. The van der Waals surface area contributed by atoms with Crippen LogP contribution in [0, 0.1) is 18.3 Å². The highest BCUT2D eigenvalue weighted by molar-refractivity contribution is 5.27. The molecule has 3 heteroatoms. The van der Waals surface area contributed by atoms with Gasteiger partial charge in [0.05, 0.1) is 13.2 Å². The van der Waals surface area contributed by atoms with Gasteiger partial charge in [0.2, 0.25) is 0 Å². The van der Waals surface area contributed by atoms with Crippen molar-refractivity contribution in [2.45, 2.75) is 38.3 Å². The smallest absolute Gasteiger partial charge is 0.119 e. The molecule has 1 aromatic carbocycles. The van der Waals surface area contributed by atoms with Gasteiger partial charge in [-0.1, -0.05) is 12.1 Å². The third-order valence-corrected chi connectivity index (χ3v) is 3.94. The third kappa shape index (κ3) is 4.00. The summed E-state index contributed by atoms with van der Waals surface area (Å²) in [7, 11) is 0. The van der Waals surface area contributed by atoms with E-state index in [0.29, 0.717) is 18.9 Å². The van der Waals surface area contributed by atoms with Crippen LogP contribution in [-0.4, -0.2) is 23.9 Å². The van der Waals surface area contributed by atoms with Gasteiger partial charge in [-0.25, -0.2) is 0 Å². The summed E-state index contributed by atoms with van der Waals surface area (Å²) in [6.45, 7) is 3.60. The van der Waals surface area contributed by atoms with Crippen molar-refractivity contribution in [2.75, 3.05) is 13.2 Å². The molecule has 0 aromatic heterocycles. The molecule has 0 aliphatic heterocycles. The first kappa shape index (κ1) is 14.9. The number of rotatable bonds is 8. The molecule has 1 unspecified atom stereocenters. The number of hydrogen-bond acceptors (Lipinski definition) is 3. The molecule has 3 nitrogen and oxygen atoms in total. The summed E-state index contributed by atoms with van der Waals surface area (Å²) in [4.78, 5) is 0. The highest BCUT2D eigenvalue weighted by Gasteiger charge is 2.40. The first-order chi connectivity index (χ1) is 9.68. The minimum atomic E-state index is -0.151. The fraction of sp³-hybridized carbons (Fsp3) is 0.529. The van der Waals surface area contributed by atoms with E-state index in [1.165, 1.54) is 18.4 Å². The van der Waals surface area contributed by atoms with Crippen molar-refractivity contribution in [3.8, 4) is 18.1 Å². The molecule has 1 fully saturated rings. The van der Waals surface area contributed by atoms with E-state index in [1.807, 2.05) is 24.3 Å². The molecule has 0 amide bonds. The molecule has 2 N–H and O–H groups in total. The SMILES string of the molecule is C#CCCOc1ccc(CNC(C)(CO)C2CC2)cc1. The second-order valence-electron chi connectivity index (χ2n) is 5.65. The molecule has 0 heterocycles. The van der Waals surface area contributed by atoms with Crippen LogP contribution in [-0.2, 0) is 6.54 Å². The Kier molecular flexibility index (Phi) is 5.05. The first-order valence-corrected chi connectivity index (χ1v) is 7.19. The van der Waals surface area contributed by atoms with Crippen molar-refractivity contribution in [3.05, 3.63) is 29.8 Å². The first-order valence-electron chi connectivity index (χ1n) is 7.19. The molecule has 2 rings (SSSR count). The average Bonchev–Trinajstić information content (AvgIpc) is 3.31. The molecule has 0 spiro atoms. The van der Waals surface area contributed by atoms with Gasteiger partial charge < -0.3 is 15.2 Å². The van der Waals surface area contributed by atoms with Gasteiger partial charge in [-0.3, -0.25) is 0 Å². The largest absolute Gasteiger partial charge is 0.493 e. The van der Waals surface area contributed by atoms with Crippen molar-refractivity contribution >= 4 is 0 Å². The van der Waals surface area contributed by atoms with E-state index in [1.54, 1.807) is 0 Å². The fourth-order valence-corrected chi connectivity index (χ4v) is 2.29. The number of aliphatic hydroxyl groups is 1. The molecule has 108 valence electrons. The molecule has 0 bridgehead atoms. The maximum atomic E-state index is 9.54. The Balaban J connectivity index is 1.83. The zero-order valence-electron chi connectivity index (χ0n) is 12.1. The molecule has 20 heavy (non-hydrogen) atoms. The summed E-state index contributed by atoms with van der Waals surface area (Å²) in [5.74, 6) is 4.00. The van der Waals surface area contributed by atoms with Crippen LogP contribution in [0.2, 0.25) is 0 Å². The summed E-state index contributed by atoms with van der Waals surface area (Å²) in [6.07, 6.45) is 8.23. The predicted molar refractivity (Wildman–Crippen MR) is 80.4 cm³/mol. The van der Waals surface area contributed by atoms with Crippen molar-refractivity contribution < 1.29 is 9.84 Å². The Hall–Kier alpha value is -1.50. The summed E-state index contributed by atoms with van der Waals surface area (Å²) >= 11 is 0. The van der Waals surface area contributed by atoms with E-state index in [2.05, 4.69) is 18.2 Å². The van der Waals surface area contributed by atoms with Crippen LogP contribution in [0.5, 0.6) is 5.75 Å². The second-order valence-corrected chi connectivity index (χ2v) is 5.65. The third-order valence-electron chi connectivity index (χ3n) is 3.94. The van der Waals surface area contributed by atoms with Crippen molar-refractivity contribution in [1.29, 1.82) is 0 Å². The van der Waals surface area contributed by atoms with Crippen molar-refractivity contribution in [2.24, 2.45) is 5.92 Å². The lowest BCUT2D eigenvalue weighted by atomic mass is 9.96. The Morgan fingerprint density at radius 3 is 2.65 bits per heavy atom. The number of nitrogens with one attached hydrogen (secondary N) is 1. The summed E-state index contributed by atoms with van der Waals surface area (Å²) in [5.41, 5.74) is 1.04. The van der Waals surface area contributed by atoms with Crippen LogP contribution in [0.1, 0.15) is 31.7 Å². The van der Waals surface area contributed by atoms with Gasteiger partial charge in [-0.05, 0) is 43.4 Å². The highest BCUT2D eigenvalue weighted by Crippen LogP contribution is 2.39. The van der Waals surface area contributed by atoms with E-state index < -0.39 is 0 Å². The van der Waals surface area contributed by atoms with E-state index in [0.717, 1.165) is 12.3 Å². The quantitative estimate of drug-likeness (QED) is 0.564. The zero-order chi connectivity index (χ0) is 14.4. The summed E-state index contributed by atoms with van der Waals surface area (Å²) in [5, 5.41) is 13.0. The van der Waals surface area contributed by atoms with Gasteiger partial charge in [0.15, 0.2) is 0 Å². The Morgan fingerprint density at radius 2 is 2.10 bits per heavy atom. The van der Waals surface area contributed by atoms with E-state index >= 15 is 0 Å². The van der Waals surface area contributed by atoms with Crippen LogP contribution in [0.4, 0.5) is 0 Å². The Bertz CT molecular complexity index is 459. The minimum Gasteiger partial charge on any atom is -0.493 e. The number of ether oxygens (including phenoxy) is 1. The van der Waals surface area contributed by atoms with Crippen LogP contribution in [0.15, 0.2) is 24.3 Å². The molecular formula is C17H23NO2. The molecule has 1 atom stereocenters. The molecule has 1 saturated carbocycles. The minimum absolute atomic E-state index is 0.151. The molecule has 1 aromatic rings. The summed E-state index contributed by atoms with van der Waals surface area (Å²) < 4.78 is 5.51. The van der Waals surface area contributed by atoms with E-state index in [4.69, 9.17) is 11.2 Å². The van der Waals surface area contributed by atoms with Gasteiger partial charge in [-0.2, -0.15) is 0 Å². The standard InChI is InChI=1S/C17H23NO2/c1-3-4-11-20-16-9-5-14(6-10-16)12-18-17(2,13-19)15-7-8-15/h1,5-6,9-10,15,18-19H,4,7-8,11-13H2,2H3. The van der Waals surface area contributed by atoms with Crippen molar-refractivity contribution in [1.82, 2.24) is 5.32 Å². The van der Waals surface area contributed by atoms with Crippen LogP contribution >= 0.6 is 0 Å². The lowest BCUT2D eigenvalue weighted by Gasteiger charge is -2.29. The van der Waals surface area contributed by atoms with Gasteiger partial charge in [0.25, 0.3) is 0 Å². The number of terminal acetylenes is 1. The van der Waals surface area contributed by atoms with Crippen LogP contribution in [0.3, 0.4) is 0 Å². The Labute approximate surface area is 121 Å². The van der Waals surface area contributed by atoms with Crippen LogP contribution < -0.4 is 10.1 Å². The maximum Gasteiger partial charge on any atom is 0.119 e. The molecule has 1 aliphatic rings. The number of benzene rings is 1. The van der Waals surface area contributed by atoms with Gasteiger partial charge in [0.1, 0.15) is 5.75 Å². The van der Waals surface area contributed by atoms with Gasteiger partial charge >= 0.3 is 0 Å². The molecule has 0 radical (unpaired) electrons. The normalized spacial score (nSPS) is 17.2. The summed E-state index contributed by atoms with van der Waals surface area (Å²) in [6, 6.07) is 8.01. The lowest BCUT2D eigenvalue weighted by Crippen LogP contribution is -2.47. The predicted octanol–water partition coefficient (Wildman–Crippen LogP) is 2.34. The monoisotopic (exact) mass is 273 g/mol. The second kappa shape index (κ2) is 6.78. The lowest BCUT2D eigenvalue weighted by molar-refractivity contribution is 0.153. The zero-order valence-corrected chi connectivity index (χ0v) is 12.1. The topological polar surface area (TPSA) is 41.5 Å². The highest BCUT2D eigenvalue weighted by atomic mass is 16.5. The molecule has 0 saturated heterocycles. The van der Waals surface area contributed by atoms with E-state index in [9.17, 15) is 5.11 Å². The fourth-order valence-electron chi connectivity index (χ4n) is 2.29. The molecular weight excluding hydrogens is 250 g/mol. The van der Waals surface area contributed by atoms with Gasteiger partial charge in [0, 0.05) is 18.5 Å². The maximum absolute atomic E-state index is 9.54. The number of aliphatic hydroxyl groups excluding tert-OH is 1. The van der Waals surface area contributed by atoms with Gasteiger partial charge in [-0.15, -0.1) is 12.3 Å².